The number of benzene rings is 3. The van der Waals surface area contributed by atoms with Gasteiger partial charge in [0.1, 0.15) is 0 Å². The summed E-state index contributed by atoms with van der Waals surface area (Å²) in [6, 6.07) is 28.0. The van der Waals surface area contributed by atoms with Gasteiger partial charge in [-0.15, -0.1) is 35.4 Å². The Balaban J connectivity index is 0.000000338. The first kappa shape index (κ1) is 34.5. The van der Waals surface area contributed by atoms with Crippen LogP contribution in [0.5, 0.6) is 0 Å². The fourth-order valence-corrected chi connectivity index (χ4v) is 4.02. The second kappa shape index (κ2) is 15.0. The number of hydrogen-bond acceptors (Lipinski definition) is 4. The zero-order chi connectivity index (χ0) is 29.5. The molecule has 4 nitrogen and oxygen atoms in total. The van der Waals surface area contributed by atoms with Crippen LogP contribution in [0.25, 0.3) is 33.8 Å². The Morgan fingerprint density at radius 1 is 0.756 bits per heavy atom. The monoisotopic (exact) mass is 730 g/mol. The van der Waals surface area contributed by atoms with Gasteiger partial charge in [-0.2, -0.15) is 0 Å². The minimum absolute atomic E-state index is 0. The van der Waals surface area contributed by atoms with Crippen LogP contribution in [0.15, 0.2) is 79.0 Å². The Kier molecular flexibility index (Phi) is 12.6. The molecule has 1 heterocycles. The van der Waals surface area contributed by atoms with Gasteiger partial charge in [-0.3, -0.25) is 4.98 Å². The third-order valence-electron chi connectivity index (χ3n) is 7.65. The van der Waals surface area contributed by atoms with E-state index in [9.17, 15) is 10.2 Å². The maximum atomic E-state index is 9.95. The molecule has 4 rings (SSSR count). The average molecular weight is 730 g/mol. The zero-order valence-corrected chi connectivity index (χ0v) is 28.1. The van der Waals surface area contributed by atoms with Crippen LogP contribution >= 0.6 is 0 Å². The Hall–Kier alpha value is -2.69. The Labute approximate surface area is 260 Å². The van der Waals surface area contributed by atoms with Crippen molar-refractivity contribution in [3.8, 4) is 33.8 Å². The van der Waals surface area contributed by atoms with Crippen molar-refractivity contribution in [2.24, 2.45) is 10.8 Å². The van der Waals surface area contributed by atoms with E-state index >= 15 is 0 Å². The van der Waals surface area contributed by atoms with Gasteiger partial charge in [-0.1, -0.05) is 109 Å². The molecule has 41 heavy (non-hydrogen) atoms. The third kappa shape index (κ3) is 9.68. The predicted molar refractivity (Wildman–Crippen MR) is 167 cm³/mol. The number of aliphatic hydroxyl groups is 2. The van der Waals surface area contributed by atoms with Crippen LogP contribution in [-0.4, -0.2) is 32.4 Å². The smallest absolute Gasteiger partial charge is 0.0873 e. The zero-order valence-electron chi connectivity index (χ0n) is 25.7. The van der Waals surface area contributed by atoms with Crippen LogP contribution in [0.2, 0.25) is 0 Å². The fraction of sp³-hybridized carbons (Fsp3) is 0.389. The van der Waals surface area contributed by atoms with E-state index in [0.717, 1.165) is 40.2 Å². The molecule has 0 aliphatic carbocycles. The molecule has 0 bridgehead atoms. The minimum Gasteiger partial charge on any atom is -0.392 e. The van der Waals surface area contributed by atoms with E-state index in [1.807, 2.05) is 65.1 Å². The maximum absolute atomic E-state index is 9.95. The molecule has 2 atom stereocenters. The number of aryl methyl sites for hydroxylation is 2. The van der Waals surface area contributed by atoms with Crippen molar-refractivity contribution in [2.45, 2.75) is 80.4 Å². The molecule has 0 saturated heterocycles. The Morgan fingerprint density at radius 2 is 1.37 bits per heavy atom. The van der Waals surface area contributed by atoms with Gasteiger partial charge in [0.2, 0.25) is 0 Å². The van der Waals surface area contributed by atoms with E-state index in [1.54, 1.807) is 0 Å². The van der Waals surface area contributed by atoms with Gasteiger partial charge in [0.05, 0.1) is 23.6 Å². The summed E-state index contributed by atoms with van der Waals surface area (Å²) in [7, 11) is 0. The van der Waals surface area contributed by atoms with Crippen LogP contribution in [0.1, 0.15) is 65.5 Å². The molecule has 221 valence electrons. The third-order valence-corrected chi connectivity index (χ3v) is 7.65. The summed E-state index contributed by atoms with van der Waals surface area (Å²) >= 11 is 0. The van der Waals surface area contributed by atoms with E-state index in [0.29, 0.717) is 6.42 Å². The van der Waals surface area contributed by atoms with E-state index in [4.69, 9.17) is 9.97 Å². The molecule has 0 amide bonds. The molecule has 0 aliphatic rings. The van der Waals surface area contributed by atoms with Crippen molar-refractivity contribution >= 4 is 0 Å². The number of aromatic nitrogens is 2. The van der Waals surface area contributed by atoms with Gasteiger partial charge >= 0.3 is 0 Å². The Morgan fingerprint density at radius 3 is 1.90 bits per heavy atom. The molecular weight excluding hydrogens is 685 g/mol. The second-order valence-corrected chi connectivity index (χ2v) is 12.4. The Bertz CT molecular complexity index is 1350. The standard InChI is InChI=1S/C24H19N2.C12H26O2.Ir/c1-17-8-12-20(13-9-17)23-24(21-14-10-18(2)11-15-21)26-22(16-25-23)19-6-4-3-5-7-19;1-7-12(5,6)10(14)8-9(13)11(2,3)4;/h3-12,14-16H,1-2H3;9-10,13-14H,7-8H2,1-6H3;/q-1;;. The molecule has 2 unspecified atom stereocenters. The quantitative estimate of drug-likeness (QED) is 0.188. The van der Waals surface area contributed by atoms with Gasteiger partial charge in [0.15, 0.2) is 0 Å². The number of rotatable bonds is 7. The van der Waals surface area contributed by atoms with Crippen molar-refractivity contribution in [1.82, 2.24) is 9.97 Å². The number of nitrogens with zero attached hydrogens (tertiary/aromatic N) is 2. The molecule has 0 aliphatic heterocycles. The van der Waals surface area contributed by atoms with Gasteiger partial charge < -0.3 is 15.2 Å². The largest absolute Gasteiger partial charge is 0.392 e. The molecule has 0 fully saturated rings. The summed E-state index contributed by atoms with van der Waals surface area (Å²) in [4.78, 5) is 9.72. The van der Waals surface area contributed by atoms with Crippen LogP contribution in [0.4, 0.5) is 0 Å². The van der Waals surface area contributed by atoms with Crippen LogP contribution in [0, 0.1) is 30.7 Å². The molecule has 3 aromatic carbocycles. The number of hydrogen-bond donors (Lipinski definition) is 2. The summed E-state index contributed by atoms with van der Waals surface area (Å²) in [6.07, 6.45) is 2.36. The first-order chi connectivity index (χ1) is 18.8. The number of aliphatic hydroxyl groups excluding tert-OH is 2. The summed E-state index contributed by atoms with van der Waals surface area (Å²) in [5.74, 6) is 0. The van der Waals surface area contributed by atoms with Crippen molar-refractivity contribution in [2.75, 3.05) is 0 Å². The summed E-state index contributed by atoms with van der Waals surface area (Å²) in [5.41, 5.74) is 7.84. The van der Waals surface area contributed by atoms with E-state index in [2.05, 4.69) is 75.4 Å². The van der Waals surface area contributed by atoms with Gasteiger partial charge in [0.25, 0.3) is 0 Å². The van der Waals surface area contributed by atoms with E-state index in [1.165, 1.54) is 11.1 Å². The molecule has 0 spiro atoms. The molecule has 1 radical (unpaired) electrons. The fourth-order valence-electron chi connectivity index (χ4n) is 4.02. The van der Waals surface area contributed by atoms with Crippen LogP contribution in [0.3, 0.4) is 0 Å². The predicted octanol–water partition coefficient (Wildman–Crippen LogP) is 8.47. The molecule has 0 saturated carbocycles. The molecule has 5 heteroatoms. The average Bonchev–Trinajstić information content (AvgIpc) is 2.94. The molecular formula is C36H45IrN2O2-. The van der Waals surface area contributed by atoms with Crippen molar-refractivity contribution in [3.63, 3.8) is 0 Å². The molecule has 4 aromatic rings. The van der Waals surface area contributed by atoms with E-state index in [-0.39, 0.29) is 30.9 Å². The summed E-state index contributed by atoms with van der Waals surface area (Å²) in [6.45, 7) is 16.2. The van der Waals surface area contributed by atoms with Gasteiger partial charge in [-0.25, -0.2) is 0 Å². The minimum atomic E-state index is -0.441. The summed E-state index contributed by atoms with van der Waals surface area (Å²) in [5, 5.41) is 19.8. The van der Waals surface area contributed by atoms with Crippen LogP contribution < -0.4 is 0 Å². The van der Waals surface area contributed by atoms with Gasteiger partial charge in [0, 0.05) is 44.0 Å². The first-order valence-electron chi connectivity index (χ1n) is 14.2. The van der Waals surface area contributed by atoms with Crippen LogP contribution in [-0.2, 0) is 20.1 Å². The van der Waals surface area contributed by atoms with E-state index < -0.39 is 12.2 Å². The maximum Gasteiger partial charge on any atom is 0.0873 e. The van der Waals surface area contributed by atoms with Crippen molar-refractivity contribution in [3.05, 3.63) is 96.2 Å². The normalized spacial score (nSPS) is 12.9. The topological polar surface area (TPSA) is 66.2 Å². The van der Waals surface area contributed by atoms with Crippen molar-refractivity contribution in [1.29, 1.82) is 0 Å². The second-order valence-electron chi connectivity index (χ2n) is 12.4. The van der Waals surface area contributed by atoms with Crippen molar-refractivity contribution < 1.29 is 30.3 Å². The molecule has 2 N–H and O–H groups in total. The SMILES string of the molecule is CCC(C)(C)C(O)CC(O)C(C)(C)C.Cc1c[c-]c(-c2ncc(-c3ccccc3)nc2-c2ccc(C)cc2)cc1.[Ir]. The molecule has 1 aromatic heterocycles. The van der Waals surface area contributed by atoms with Gasteiger partial charge in [-0.05, 0) is 29.7 Å². The summed E-state index contributed by atoms with van der Waals surface area (Å²) < 4.78 is 0. The first-order valence-corrected chi connectivity index (χ1v) is 14.2.